The fourth-order valence-electron chi connectivity index (χ4n) is 2.57. The number of hydrogen-bond acceptors (Lipinski definition) is 4. The summed E-state index contributed by atoms with van der Waals surface area (Å²) in [5, 5.41) is 0.625. The van der Waals surface area contributed by atoms with E-state index in [9.17, 15) is 8.42 Å². The summed E-state index contributed by atoms with van der Waals surface area (Å²) in [7, 11) is -3.52. The zero-order chi connectivity index (χ0) is 14.3. The maximum Gasteiger partial charge on any atom is 0.245 e. The van der Waals surface area contributed by atoms with Crippen LogP contribution in [-0.4, -0.2) is 41.8 Å². The van der Waals surface area contributed by atoms with E-state index in [2.05, 4.69) is 16.9 Å². The minimum absolute atomic E-state index is 0.109. The largest absolute Gasteiger partial charge is 0.345 e. The topological polar surface area (TPSA) is 92.1 Å². The van der Waals surface area contributed by atoms with Gasteiger partial charge in [-0.25, -0.2) is 13.4 Å². The Labute approximate surface area is 118 Å². The third-order valence-corrected chi connectivity index (χ3v) is 5.92. The van der Waals surface area contributed by atoms with Gasteiger partial charge in [-0.2, -0.15) is 4.31 Å². The Morgan fingerprint density at radius 2 is 2.30 bits per heavy atom. The average molecular weight is 294 g/mol. The summed E-state index contributed by atoms with van der Waals surface area (Å²) in [4.78, 5) is 7.31. The first-order valence-corrected chi connectivity index (χ1v) is 8.12. The molecule has 1 fully saturated rings. The van der Waals surface area contributed by atoms with E-state index in [4.69, 9.17) is 5.73 Å². The molecule has 1 saturated heterocycles. The van der Waals surface area contributed by atoms with Crippen LogP contribution >= 0.6 is 0 Å². The van der Waals surface area contributed by atoms with Crippen LogP contribution in [0, 0.1) is 5.92 Å². The van der Waals surface area contributed by atoms with E-state index in [0.717, 1.165) is 6.42 Å². The Balaban J connectivity index is 2.00. The van der Waals surface area contributed by atoms with Crippen molar-refractivity contribution in [2.75, 3.05) is 13.1 Å². The highest BCUT2D eigenvalue weighted by Crippen LogP contribution is 2.27. The number of nitrogens with zero attached hydrogens (tertiary/aromatic N) is 2. The first-order valence-electron chi connectivity index (χ1n) is 6.68. The van der Waals surface area contributed by atoms with Crippen LogP contribution in [0.3, 0.4) is 0 Å². The fraction of sp³-hybridized carbons (Fsp3) is 0.462. The molecule has 0 aliphatic carbocycles. The van der Waals surface area contributed by atoms with Crippen LogP contribution < -0.4 is 5.73 Å². The molecule has 20 heavy (non-hydrogen) atoms. The SMILES string of the molecule is CC1CCN(S(=O)(=O)c2c[nH]c3ncccc23)CC1N. The highest BCUT2D eigenvalue weighted by atomic mass is 32.2. The molecular formula is C13H18N4O2S. The third-order valence-electron chi connectivity index (χ3n) is 4.01. The molecule has 108 valence electrons. The Hall–Kier alpha value is -1.44. The van der Waals surface area contributed by atoms with Crippen molar-refractivity contribution in [3.8, 4) is 0 Å². The molecule has 2 unspecified atom stereocenters. The van der Waals surface area contributed by atoms with Gasteiger partial charge in [-0.05, 0) is 24.5 Å². The van der Waals surface area contributed by atoms with Gasteiger partial charge in [0, 0.05) is 36.9 Å². The van der Waals surface area contributed by atoms with Crippen molar-refractivity contribution in [1.29, 1.82) is 0 Å². The van der Waals surface area contributed by atoms with E-state index in [1.165, 1.54) is 10.5 Å². The van der Waals surface area contributed by atoms with Crippen molar-refractivity contribution in [1.82, 2.24) is 14.3 Å². The first kappa shape index (κ1) is 13.5. The maximum atomic E-state index is 12.7. The number of nitrogens with two attached hydrogens (primary N) is 1. The third kappa shape index (κ3) is 2.11. The second-order valence-corrected chi connectivity index (χ2v) is 7.25. The minimum atomic E-state index is -3.52. The molecule has 6 nitrogen and oxygen atoms in total. The monoisotopic (exact) mass is 294 g/mol. The van der Waals surface area contributed by atoms with Crippen molar-refractivity contribution < 1.29 is 8.42 Å². The number of piperidine rings is 1. The molecule has 0 amide bonds. The molecule has 7 heteroatoms. The Kier molecular flexibility index (Phi) is 3.27. The van der Waals surface area contributed by atoms with E-state index >= 15 is 0 Å². The van der Waals surface area contributed by atoms with Gasteiger partial charge in [0.05, 0.1) is 0 Å². The quantitative estimate of drug-likeness (QED) is 0.861. The molecule has 2 aromatic rings. The van der Waals surface area contributed by atoms with Crippen molar-refractivity contribution in [3.63, 3.8) is 0 Å². The van der Waals surface area contributed by atoms with Crippen molar-refractivity contribution in [2.24, 2.45) is 11.7 Å². The Morgan fingerprint density at radius 1 is 1.50 bits per heavy atom. The molecule has 1 aliphatic rings. The predicted molar refractivity (Wildman–Crippen MR) is 76.6 cm³/mol. The number of sulfonamides is 1. The number of hydrogen-bond donors (Lipinski definition) is 2. The van der Waals surface area contributed by atoms with Gasteiger partial charge in [0.1, 0.15) is 10.5 Å². The smallest absolute Gasteiger partial charge is 0.245 e. The molecule has 3 rings (SSSR count). The van der Waals surface area contributed by atoms with Crippen LogP contribution in [0.1, 0.15) is 13.3 Å². The molecule has 3 heterocycles. The number of H-pyrrole nitrogens is 1. The van der Waals surface area contributed by atoms with Crippen molar-refractivity contribution in [2.45, 2.75) is 24.3 Å². The van der Waals surface area contributed by atoms with Gasteiger partial charge in [0.25, 0.3) is 0 Å². The van der Waals surface area contributed by atoms with Gasteiger partial charge in [0.2, 0.25) is 10.0 Å². The lowest BCUT2D eigenvalue weighted by Crippen LogP contribution is -2.49. The average Bonchev–Trinajstić information content (AvgIpc) is 2.86. The minimum Gasteiger partial charge on any atom is -0.345 e. The highest BCUT2D eigenvalue weighted by molar-refractivity contribution is 7.89. The molecule has 0 saturated carbocycles. The molecule has 2 atom stereocenters. The molecule has 0 aromatic carbocycles. The summed E-state index contributed by atoms with van der Waals surface area (Å²) in [6, 6.07) is 3.39. The Morgan fingerprint density at radius 3 is 3.05 bits per heavy atom. The molecular weight excluding hydrogens is 276 g/mol. The second-order valence-electron chi connectivity index (χ2n) is 5.35. The molecule has 1 aliphatic heterocycles. The molecule has 3 N–H and O–H groups in total. The number of nitrogens with one attached hydrogen (secondary N) is 1. The molecule has 2 aromatic heterocycles. The summed E-state index contributed by atoms with van der Waals surface area (Å²) < 4.78 is 27.0. The van der Waals surface area contributed by atoms with Gasteiger partial charge in [-0.1, -0.05) is 6.92 Å². The van der Waals surface area contributed by atoms with E-state index in [1.807, 2.05) is 0 Å². The standard InChI is InChI=1S/C13H18N4O2S/c1-9-4-6-17(8-11(9)14)20(18,19)12-7-16-13-10(12)3-2-5-15-13/h2-3,5,7,9,11H,4,6,8,14H2,1H3,(H,15,16). The van der Waals surface area contributed by atoms with Gasteiger partial charge >= 0.3 is 0 Å². The zero-order valence-corrected chi connectivity index (χ0v) is 12.1. The molecule has 0 bridgehead atoms. The van der Waals surface area contributed by atoms with Crippen molar-refractivity contribution in [3.05, 3.63) is 24.5 Å². The fourth-order valence-corrected chi connectivity index (χ4v) is 4.21. The van der Waals surface area contributed by atoms with E-state index < -0.39 is 10.0 Å². The van der Waals surface area contributed by atoms with E-state index in [0.29, 0.717) is 30.0 Å². The lowest BCUT2D eigenvalue weighted by molar-refractivity contribution is 0.253. The number of rotatable bonds is 2. The summed E-state index contributed by atoms with van der Waals surface area (Å²) in [5.41, 5.74) is 6.59. The summed E-state index contributed by atoms with van der Waals surface area (Å²) in [6.07, 6.45) is 3.94. The van der Waals surface area contributed by atoms with Crippen LogP contribution in [0.4, 0.5) is 0 Å². The van der Waals surface area contributed by atoms with E-state index in [-0.39, 0.29) is 10.9 Å². The molecule has 0 radical (unpaired) electrons. The predicted octanol–water partition coefficient (Wildman–Crippen LogP) is 0.921. The number of pyridine rings is 1. The van der Waals surface area contributed by atoms with Crippen LogP contribution in [0.5, 0.6) is 0 Å². The van der Waals surface area contributed by atoms with Gasteiger partial charge < -0.3 is 10.7 Å². The van der Waals surface area contributed by atoms with Crippen LogP contribution in [-0.2, 0) is 10.0 Å². The summed E-state index contributed by atoms with van der Waals surface area (Å²) in [6.45, 7) is 2.95. The van der Waals surface area contributed by atoms with Gasteiger partial charge in [-0.15, -0.1) is 0 Å². The molecule has 0 spiro atoms. The normalized spacial score (nSPS) is 25.1. The van der Waals surface area contributed by atoms with Crippen LogP contribution in [0.15, 0.2) is 29.4 Å². The highest BCUT2D eigenvalue weighted by Gasteiger charge is 2.33. The second kappa shape index (κ2) is 4.83. The van der Waals surface area contributed by atoms with E-state index in [1.54, 1.807) is 18.3 Å². The number of fused-ring (bicyclic) bond motifs is 1. The summed E-state index contributed by atoms with van der Waals surface area (Å²) in [5.74, 6) is 0.353. The van der Waals surface area contributed by atoms with Gasteiger partial charge in [-0.3, -0.25) is 0 Å². The van der Waals surface area contributed by atoms with Gasteiger partial charge in [0.15, 0.2) is 0 Å². The number of aromatic nitrogens is 2. The zero-order valence-electron chi connectivity index (χ0n) is 11.3. The Bertz CT molecular complexity index is 725. The number of aromatic amines is 1. The first-order chi connectivity index (χ1) is 9.50. The lowest BCUT2D eigenvalue weighted by atomic mass is 9.96. The lowest BCUT2D eigenvalue weighted by Gasteiger charge is -2.34. The van der Waals surface area contributed by atoms with Crippen LogP contribution in [0.25, 0.3) is 11.0 Å². The summed E-state index contributed by atoms with van der Waals surface area (Å²) >= 11 is 0. The maximum absolute atomic E-state index is 12.7. The van der Waals surface area contributed by atoms with Crippen LogP contribution in [0.2, 0.25) is 0 Å². The van der Waals surface area contributed by atoms with Crippen molar-refractivity contribution >= 4 is 21.1 Å².